The third kappa shape index (κ3) is 3.25. The summed E-state index contributed by atoms with van der Waals surface area (Å²) >= 11 is 0. The Balaban J connectivity index is 1.49. The third-order valence-electron chi connectivity index (χ3n) is 8.10. The molecule has 6 rings (SSSR count). The summed E-state index contributed by atoms with van der Waals surface area (Å²) in [7, 11) is 0. The minimum atomic E-state index is -0.193. The number of anilines is 1. The maximum absolute atomic E-state index is 13.0. The van der Waals surface area contributed by atoms with E-state index in [1.54, 1.807) is 6.07 Å². The second kappa shape index (κ2) is 8.04. The molecule has 0 spiro atoms. The molecule has 2 aromatic carbocycles. The second-order valence-corrected chi connectivity index (χ2v) is 9.97. The lowest BCUT2D eigenvalue weighted by Gasteiger charge is -2.24. The number of piperidine rings is 1. The van der Waals surface area contributed by atoms with E-state index in [9.17, 15) is 4.79 Å². The first-order valence-corrected chi connectivity index (χ1v) is 12.4. The molecule has 1 aliphatic carbocycles. The van der Waals surface area contributed by atoms with Crippen LogP contribution in [0.3, 0.4) is 0 Å². The number of nitrogen functional groups attached to an aromatic ring is 1. The standard InChI is InChI=1S/C27H32N4O/c28-22-6-3-7-24-25(22)27(32)30-26-20(10-8-17-4-1-2-5-17)21-16-19(9-11-23(21)31(24)26)18-12-14-29-15-13-18/h3,6-7,9,11,16-18,20,29H,1-2,4-5,8,10,12-15,28H2. The van der Waals surface area contributed by atoms with Gasteiger partial charge in [-0.15, -0.1) is 0 Å². The molecule has 3 aliphatic rings. The Morgan fingerprint density at radius 1 is 1.03 bits per heavy atom. The van der Waals surface area contributed by atoms with Gasteiger partial charge >= 0.3 is 0 Å². The van der Waals surface area contributed by atoms with Gasteiger partial charge in [0.05, 0.1) is 16.6 Å². The molecule has 166 valence electrons. The van der Waals surface area contributed by atoms with Crippen molar-refractivity contribution in [1.82, 2.24) is 14.9 Å². The summed E-state index contributed by atoms with van der Waals surface area (Å²) in [4.78, 5) is 17.7. The van der Waals surface area contributed by atoms with Crippen molar-refractivity contribution in [2.75, 3.05) is 18.8 Å². The summed E-state index contributed by atoms with van der Waals surface area (Å²) in [5.74, 6) is 2.53. The highest BCUT2D eigenvalue weighted by molar-refractivity contribution is 5.91. The maximum atomic E-state index is 13.0. The van der Waals surface area contributed by atoms with E-state index < -0.39 is 0 Å². The molecule has 5 heteroatoms. The van der Waals surface area contributed by atoms with Crippen molar-refractivity contribution in [3.05, 3.63) is 63.7 Å². The maximum Gasteiger partial charge on any atom is 0.282 e. The van der Waals surface area contributed by atoms with Crippen LogP contribution in [0.4, 0.5) is 5.69 Å². The van der Waals surface area contributed by atoms with Gasteiger partial charge in [-0.2, -0.15) is 4.98 Å². The highest BCUT2D eigenvalue weighted by Crippen LogP contribution is 2.44. The lowest BCUT2D eigenvalue weighted by molar-refractivity contribution is 0.457. The second-order valence-electron chi connectivity index (χ2n) is 9.97. The van der Waals surface area contributed by atoms with Gasteiger partial charge in [0.15, 0.2) is 0 Å². The van der Waals surface area contributed by atoms with Crippen LogP contribution in [0, 0.1) is 5.92 Å². The van der Waals surface area contributed by atoms with E-state index in [4.69, 9.17) is 5.73 Å². The van der Waals surface area contributed by atoms with Gasteiger partial charge in [0.2, 0.25) is 0 Å². The van der Waals surface area contributed by atoms with Gasteiger partial charge in [0, 0.05) is 11.6 Å². The van der Waals surface area contributed by atoms with Crippen molar-refractivity contribution in [2.24, 2.45) is 5.92 Å². The molecule has 0 bridgehead atoms. The number of hydrogen-bond donors (Lipinski definition) is 2. The van der Waals surface area contributed by atoms with Gasteiger partial charge < -0.3 is 11.1 Å². The molecule has 2 fully saturated rings. The number of hydrogen-bond acceptors (Lipinski definition) is 4. The van der Waals surface area contributed by atoms with E-state index in [1.807, 2.05) is 12.1 Å². The molecule has 0 amide bonds. The lowest BCUT2D eigenvalue weighted by atomic mass is 9.85. The Morgan fingerprint density at radius 2 is 1.84 bits per heavy atom. The predicted molar refractivity (Wildman–Crippen MR) is 130 cm³/mol. The molecule has 1 aromatic heterocycles. The normalized spacial score (nSPS) is 21.2. The predicted octanol–water partition coefficient (Wildman–Crippen LogP) is 4.85. The van der Waals surface area contributed by atoms with E-state index in [2.05, 4.69) is 33.1 Å². The monoisotopic (exact) mass is 428 g/mol. The molecule has 3 N–H and O–H groups in total. The van der Waals surface area contributed by atoms with Crippen molar-refractivity contribution < 1.29 is 0 Å². The Bertz CT molecular complexity index is 1220. The molecule has 2 aliphatic heterocycles. The summed E-state index contributed by atoms with van der Waals surface area (Å²) in [5.41, 5.74) is 11.4. The molecular formula is C27H32N4O. The van der Waals surface area contributed by atoms with Gasteiger partial charge in [-0.1, -0.05) is 43.9 Å². The Labute approximate surface area is 189 Å². The number of rotatable bonds is 4. The van der Waals surface area contributed by atoms with E-state index in [1.165, 1.54) is 61.8 Å². The van der Waals surface area contributed by atoms with Crippen molar-refractivity contribution in [3.8, 4) is 5.69 Å². The van der Waals surface area contributed by atoms with Crippen LogP contribution in [0.2, 0.25) is 0 Å². The van der Waals surface area contributed by atoms with Crippen LogP contribution in [0.1, 0.15) is 80.2 Å². The van der Waals surface area contributed by atoms with Gasteiger partial charge in [0.25, 0.3) is 5.56 Å². The first kappa shape index (κ1) is 20.0. The molecule has 32 heavy (non-hydrogen) atoms. The lowest BCUT2D eigenvalue weighted by Crippen LogP contribution is -2.26. The summed E-state index contributed by atoms with van der Waals surface area (Å²) in [6.07, 6.45) is 10.1. The first-order valence-electron chi connectivity index (χ1n) is 12.4. The first-order chi connectivity index (χ1) is 15.7. The fraction of sp³-hybridized carbons (Fsp3) is 0.481. The van der Waals surface area contributed by atoms with Gasteiger partial charge in [-0.25, -0.2) is 0 Å². The Kier molecular flexibility index (Phi) is 5.02. The quantitative estimate of drug-likeness (QED) is 0.583. The SMILES string of the molecule is Nc1cccc2c1c(=O)nc1n2-c2ccc(C3CCNCC3)cc2C1CCC1CCCC1. The van der Waals surface area contributed by atoms with Gasteiger partial charge in [0.1, 0.15) is 5.82 Å². The summed E-state index contributed by atoms with van der Waals surface area (Å²) in [5, 5.41) is 4.02. The fourth-order valence-corrected chi connectivity index (χ4v) is 6.39. The van der Waals surface area contributed by atoms with Crippen LogP contribution >= 0.6 is 0 Å². The van der Waals surface area contributed by atoms with Crippen LogP contribution in [0.15, 0.2) is 41.2 Å². The zero-order valence-corrected chi connectivity index (χ0v) is 18.6. The van der Waals surface area contributed by atoms with E-state index in [0.717, 1.165) is 36.8 Å². The highest BCUT2D eigenvalue weighted by Gasteiger charge is 2.33. The minimum Gasteiger partial charge on any atom is -0.398 e. The molecular weight excluding hydrogens is 396 g/mol. The number of nitrogens with two attached hydrogens (primary N) is 1. The van der Waals surface area contributed by atoms with Crippen molar-refractivity contribution in [3.63, 3.8) is 0 Å². The number of aromatic nitrogens is 2. The Morgan fingerprint density at radius 3 is 2.66 bits per heavy atom. The van der Waals surface area contributed by atoms with Crippen LogP contribution in [-0.2, 0) is 0 Å². The highest BCUT2D eigenvalue weighted by atomic mass is 16.1. The van der Waals surface area contributed by atoms with Crippen molar-refractivity contribution in [1.29, 1.82) is 0 Å². The minimum absolute atomic E-state index is 0.186. The summed E-state index contributed by atoms with van der Waals surface area (Å²) in [6.45, 7) is 2.18. The van der Waals surface area contributed by atoms with Crippen LogP contribution < -0.4 is 16.6 Å². The van der Waals surface area contributed by atoms with Crippen LogP contribution in [0.5, 0.6) is 0 Å². The molecule has 1 saturated carbocycles. The number of nitrogens with one attached hydrogen (secondary N) is 1. The molecule has 3 aromatic rings. The largest absolute Gasteiger partial charge is 0.398 e. The van der Waals surface area contributed by atoms with Gasteiger partial charge in [-0.05, 0) is 79.9 Å². The van der Waals surface area contributed by atoms with E-state index >= 15 is 0 Å². The summed E-state index contributed by atoms with van der Waals surface area (Å²) < 4.78 is 2.22. The average molecular weight is 429 g/mol. The molecule has 0 radical (unpaired) electrons. The van der Waals surface area contributed by atoms with Gasteiger partial charge in [-0.3, -0.25) is 9.36 Å². The van der Waals surface area contributed by atoms with Crippen molar-refractivity contribution in [2.45, 2.75) is 63.2 Å². The Hall–Kier alpha value is -2.66. The number of benzene rings is 2. The zero-order valence-electron chi connectivity index (χ0n) is 18.6. The molecule has 1 unspecified atom stereocenters. The smallest absolute Gasteiger partial charge is 0.282 e. The molecule has 1 atom stereocenters. The zero-order chi connectivity index (χ0) is 21.7. The third-order valence-corrected chi connectivity index (χ3v) is 8.10. The molecule has 1 saturated heterocycles. The van der Waals surface area contributed by atoms with Crippen LogP contribution in [-0.4, -0.2) is 22.6 Å². The molecule has 3 heterocycles. The van der Waals surface area contributed by atoms with E-state index in [0.29, 0.717) is 17.0 Å². The average Bonchev–Trinajstić information content (AvgIpc) is 3.44. The molecule has 5 nitrogen and oxygen atoms in total. The number of fused-ring (bicyclic) bond motifs is 5. The van der Waals surface area contributed by atoms with Crippen LogP contribution in [0.25, 0.3) is 16.6 Å². The number of nitrogens with zero attached hydrogens (tertiary/aromatic N) is 2. The fourth-order valence-electron chi connectivity index (χ4n) is 6.39. The van der Waals surface area contributed by atoms with Crippen molar-refractivity contribution >= 4 is 16.6 Å². The topological polar surface area (TPSA) is 72.9 Å². The summed E-state index contributed by atoms with van der Waals surface area (Å²) in [6, 6.07) is 12.8. The van der Waals surface area contributed by atoms with E-state index in [-0.39, 0.29) is 11.5 Å².